The van der Waals surface area contributed by atoms with Gasteiger partial charge < -0.3 is 10.5 Å². The van der Waals surface area contributed by atoms with Crippen molar-refractivity contribution >= 4 is 15.9 Å². The van der Waals surface area contributed by atoms with Gasteiger partial charge in [0, 0.05) is 19.2 Å². The summed E-state index contributed by atoms with van der Waals surface area (Å²) >= 11 is 3.59. The van der Waals surface area contributed by atoms with E-state index in [1.165, 1.54) is 5.56 Å². The van der Waals surface area contributed by atoms with Gasteiger partial charge >= 0.3 is 0 Å². The average molecular weight is 338 g/mol. The largest absolute Gasteiger partial charge is 0.496 e. The molecule has 1 aromatic carbocycles. The Balaban J connectivity index is 2.61. The van der Waals surface area contributed by atoms with Gasteiger partial charge in [-0.05, 0) is 39.5 Å². The maximum absolute atomic E-state index is 5.71. The molecule has 0 aliphatic rings. The molecule has 0 amide bonds. The molecule has 20 heavy (non-hydrogen) atoms. The Morgan fingerprint density at radius 3 is 2.60 bits per heavy atom. The fraction of sp³-hybridized carbons (Fsp3) is 0.400. The summed E-state index contributed by atoms with van der Waals surface area (Å²) in [5, 5.41) is 4.43. The highest BCUT2D eigenvalue weighted by Gasteiger charge is 2.18. The van der Waals surface area contributed by atoms with Crippen molar-refractivity contribution in [1.82, 2.24) is 9.78 Å². The highest BCUT2D eigenvalue weighted by atomic mass is 79.9. The van der Waals surface area contributed by atoms with Crippen LogP contribution in [0.3, 0.4) is 0 Å². The van der Waals surface area contributed by atoms with Crippen molar-refractivity contribution in [2.75, 3.05) is 7.11 Å². The van der Waals surface area contributed by atoms with E-state index in [2.05, 4.69) is 53.1 Å². The number of benzene rings is 1. The molecule has 2 rings (SSSR count). The second kappa shape index (κ2) is 5.97. The fourth-order valence-corrected chi connectivity index (χ4v) is 2.95. The molecule has 0 fully saturated rings. The van der Waals surface area contributed by atoms with Crippen LogP contribution in [0.1, 0.15) is 31.0 Å². The van der Waals surface area contributed by atoms with Gasteiger partial charge in [-0.2, -0.15) is 5.10 Å². The van der Waals surface area contributed by atoms with Crippen molar-refractivity contribution in [3.8, 4) is 17.0 Å². The van der Waals surface area contributed by atoms with Crippen LogP contribution < -0.4 is 10.5 Å². The summed E-state index contributed by atoms with van der Waals surface area (Å²) in [5.41, 5.74) is 9.80. The first kappa shape index (κ1) is 15.1. The van der Waals surface area contributed by atoms with Crippen LogP contribution in [0, 0.1) is 0 Å². The van der Waals surface area contributed by atoms with Gasteiger partial charge in [0.05, 0.1) is 23.0 Å². The third-order valence-corrected chi connectivity index (χ3v) is 4.23. The second-order valence-electron chi connectivity index (χ2n) is 5.05. The molecular weight excluding hydrogens is 318 g/mol. The SMILES string of the molecule is COc1cc(C(C)C)ccc1-c1c(Br)c(CN)nn1C. The van der Waals surface area contributed by atoms with E-state index in [1.807, 2.05) is 11.7 Å². The molecule has 0 saturated carbocycles. The molecule has 1 aromatic heterocycles. The molecule has 4 nitrogen and oxygen atoms in total. The van der Waals surface area contributed by atoms with Crippen LogP contribution in [-0.2, 0) is 13.6 Å². The Morgan fingerprint density at radius 1 is 1.40 bits per heavy atom. The topological polar surface area (TPSA) is 53.1 Å². The summed E-state index contributed by atoms with van der Waals surface area (Å²) in [6.45, 7) is 4.74. The monoisotopic (exact) mass is 337 g/mol. The van der Waals surface area contributed by atoms with E-state index in [1.54, 1.807) is 7.11 Å². The van der Waals surface area contributed by atoms with Gasteiger partial charge in [0.15, 0.2) is 0 Å². The number of nitrogens with zero attached hydrogens (tertiary/aromatic N) is 2. The number of aryl methyl sites for hydroxylation is 1. The lowest BCUT2D eigenvalue weighted by molar-refractivity contribution is 0.415. The first-order valence-corrected chi connectivity index (χ1v) is 7.38. The highest BCUT2D eigenvalue weighted by molar-refractivity contribution is 9.10. The summed E-state index contributed by atoms with van der Waals surface area (Å²) in [4.78, 5) is 0. The summed E-state index contributed by atoms with van der Waals surface area (Å²) in [6, 6.07) is 6.29. The van der Waals surface area contributed by atoms with E-state index in [-0.39, 0.29) is 0 Å². The molecule has 0 aliphatic heterocycles. The number of ether oxygens (including phenoxy) is 1. The number of hydrogen-bond acceptors (Lipinski definition) is 3. The fourth-order valence-electron chi connectivity index (χ4n) is 2.24. The van der Waals surface area contributed by atoms with Gasteiger partial charge in [-0.15, -0.1) is 0 Å². The number of methoxy groups -OCH3 is 1. The van der Waals surface area contributed by atoms with Crippen molar-refractivity contribution < 1.29 is 4.74 Å². The summed E-state index contributed by atoms with van der Waals surface area (Å²) in [5.74, 6) is 1.32. The minimum absolute atomic E-state index is 0.404. The Hall–Kier alpha value is -1.33. The van der Waals surface area contributed by atoms with Crippen LogP contribution in [0.4, 0.5) is 0 Å². The third-order valence-electron chi connectivity index (χ3n) is 3.40. The Morgan fingerprint density at radius 2 is 2.10 bits per heavy atom. The number of rotatable bonds is 4. The first-order valence-electron chi connectivity index (χ1n) is 6.59. The Labute approximate surface area is 128 Å². The normalized spacial score (nSPS) is 11.2. The summed E-state index contributed by atoms with van der Waals surface area (Å²) < 4.78 is 8.31. The standard InChI is InChI=1S/C15H20BrN3O/c1-9(2)10-5-6-11(13(7-10)20-4)15-14(16)12(8-17)18-19(15)3/h5-7,9H,8,17H2,1-4H3. The predicted octanol–water partition coefficient (Wildman–Crippen LogP) is 3.44. The molecular formula is C15H20BrN3O. The van der Waals surface area contributed by atoms with Crippen LogP contribution in [0.5, 0.6) is 5.75 Å². The quantitative estimate of drug-likeness (QED) is 0.929. The molecule has 0 saturated heterocycles. The molecule has 108 valence electrons. The van der Waals surface area contributed by atoms with Crippen molar-refractivity contribution in [3.63, 3.8) is 0 Å². The lowest BCUT2D eigenvalue weighted by Gasteiger charge is -2.13. The van der Waals surface area contributed by atoms with Crippen molar-refractivity contribution in [1.29, 1.82) is 0 Å². The van der Waals surface area contributed by atoms with E-state index in [4.69, 9.17) is 10.5 Å². The van der Waals surface area contributed by atoms with Crippen LogP contribution >= 0.6 is 15.9 Å². The summed E-state index contributed by atoms with van der Waals surface area (Å²) in [7, 11) is 3.60. The van der Waals surface area contributed by atoms with Crippen LogP contribution in [0.2, 0.25) is 0 Å². The smallest absolute Gasteiger partial charge is 0.128 e. The molecule has 0 bridgehead atoms. The molecule has 1 heterocycles. The zero-order valence-corrected chi connectivity index (χ0v) is 13.9. The number of hydrogen-bond donors (Lipinski definition) is 1. The maximum Gasteiger partial charge on any atom is 0.128 e. The number of nitrogens with two attached hydrogens (primary N) is 1. The zero-order valence-electron chi connectivity index (χ0n) is 12.3. The lowest BCUT2D eigenvalue weighted by Crippen LogP contribution is -1.99. The van der Waals surface area contributed by atoms with Crippen molar-refractivity contribution in [2.24, 2.45) is 12.8 Å². The van der Waals surface area contributed by atoms with E-state index in [0.29, 0.717) is 12.5 Å². The van der Waals surface area contributed by atoms with Crippen molar-refractivity contribution in [2.45, 2.75) is 26.3 Å². The molecule has 0 aliphatic carbocycles. The van der Waals surface area contributed by atoms with E-state index in [0.717, 1.165) is 27.2 Å². The van der Waals surface area contributed by atoms with E-state index < -0.39 is 0 Å². The molecule has 0 spiro atoms. The van der Waals surface area contributed by atoms with Crippen LogP contribution in [-0.4, -0.2) is 16.9 Å². The highest BCUT2D eigenvalue weighted by Crippen LogP contribution is 2.37. The first-order chi connectivity index (χ1) is 9.49. The Bertz CT molecular complexity index is 620. The average Bonchev–Trinajstić information content (AvgIpc) is 2.72. The van der Waals surface area contributed by atoms with Gasteiger partial charge in [-0.25, -0.2) is 0 Å². The van der Waals surface area contributed by atoms with Gasteiger partial charge in [0.2, 0.25) is 0 Å². The minimum atomic E-state index is 0.404. The number of aromatic nitrogens is 2. The third kappa shape index (κ3) is 2.60. The minimum Gasteiger partial charge on any atom is -0.496 e. The summed E-state index contributed by atoms with van der Waals surface area (Å²) in [6.07, 6.45) is 0. The molecule has 0 radical (unpaired) electrons. The predicted molar refractivity (Wildman–Crippen MR) is 84.9 cm³/mol. The van der Waals surface area contributed by atoms with Crippen molar-refractivity contribution in [3.05, 3.63) is 33.9 Å². The van der Waals surface area contributed by atoms with Gasteiger partial charge in [0.1, 0.15) is 5.75 Å². The van der Waals surface area contributed by atoms with Gasteiger partial charge in [-0.3, -0.25) is 4.68 Å². The zero-order chi connectivity index (χ0) is 14.9. The van der Waals surface area contributed by atoms with Crippen LogP contribution in [0.25, 0.3) is 11.3 Å². The molecule has 0 atom stereocenters. The Kier molecular flexibility index (Phi) is 4.50. The lowest BCUT2D eigenvalue weighted by atomic mass is 9.99. The van der Waals surface area contributed by atoms with E-state index >= 15 is 0 Å². The molecule has 2 N–H and O–H groups in total. The van der Waals surface area contributed by atoms with Gasteiger partial charge in [-0.1, -0.05) is 19.9 Å². The molecule has 0 unspecified atom stereocenters. The molecule has 2 aromatic rings. The second-order valence-corrected chi connectivity index (χ2v) is 5.84. The number of halogens is 1. The van der Waals surface area contributed by atoms with Crippen LogP contribution in [0.15, 0.2) is 22.7 Å². The molecule has 5 heteroatoms. The van der Waals surface area contributed by atoms with E-state index in [9.17, 15) is 0 Å². The maximum atomic E-state index is 5.71. The van der Waals surface area contributed by atoms with Gasteiger partial charge in [0.25, 0.3) is 0 Å².